The molecule has 3 aromatic rings. The summed E-state index contributed by atoms with van der Waals surface area (Å²) < 4.78 is 16.0. The lowest BCUT2D eigenvalue weighted by Crippen LogP contribution is -2.52. The minimum absolute atomic E-state index is 0.000297. The van der Waals surface area contributed by atoms with E-state index in [0.717, 1.165) is 12.7 Å². The molecule has 0 saturated carbocycles. The number of rotatable bonds is 8. The number of allylic oxidation sites excluding steroid dienone is 2. The van der Waals surface area contributed by atoms with Gasteiger partial charge in [0.2, 0.25) is 11.8 Å². The average molecular weight is 564 g/mol. The van der Waals surface area contributed by atoms with Crippen LogP contribution in [-0.2, 0) is 41.5 Å². The van der Waals surface area contributed by atoms with Crippen molar-refractivity contribution in [2.24, 2.45) is 11.8 Å². The Balaban J connectivity index is 1.51. The molecule has 1 aromatic heterocycles. The third-order valence-electron chi connectivity index (χ3n) is 6.77. The van der Waals surface area contributed by atoms with Crippen LogP contribution in [0.5, 0.6) is 0 Å². The summed E-state index contributed by atoms with van der Waals surface area (Å²) in [4.78, 5) is 56.2. The van der Waals surface area contributed by atoms with Crippen molar-refractivity contribution in [2.75, 3.05) is 20.3 Å². The summed E-state index contributed by atoms with van der Waals surface area (Å²) in [6, 6.07) is 14.6. The van der Waals surface area contributed by atoms with E-state index in [-0.39, 0.29) is 25.9 Å². The van der Waals surface area contributed by atoms with Gasteiger partial charge in [0.15, 0.2) is 17.5 Å². The van der Waals surface area contributed by atoms with E-state index in [1.54, 1.807) is 24.3 Å². The number of esters is 2. The number of oxazole rings is 1. The summed E-state index contributed by atoms with van der Waals surface area (Å²) in [5, 5.41) is 15.1. The molecule has 2 amide bonds. The van der Waals surface area contributed by atoms with Crippen LogP contribution in [0.2, 0.25) is 0 Å². The molecule has 2 heterocycles. The van der Waals surface area contributed by atoms with Gasteiger partial charge >= 0.3 is 11.9 Å². The molecule has 4 atom stereocenters. The molecule has 41 heavy (non-hydrogen) atoms. The molecule has 216 valence electrons. The SMILES string of the molecule is COC(=O)C1COC(=O)C(Cc2nc3ccccc3o2)CC=CCC(C(=O)N[C@@H](CO)Cc2ccccc2)C(=O)N1. The van der Waals surface area contributed by atoms with E-state index >= 15 is 0 Å². The van der Waals surface area contributed by atoms with Crippen molar-refractivity contribution in [3.8, 4) is 0 Å². The summed E-state index contributed by atoms with van der Waals surface area (Å²) in [5.41, 5.74) is 2.16. The molecule has 0 spiro atoms. The first-order valence-electron chi connectivity index (χ1n) is 13.4. The zero-order chi connectivity index (χ0) is 29.2. The average Bonchev–Trinajstić information content (AvgIpc) is 3.40. The first kappa shape index (κ1) is 29.5. The number of fused-ring (bicyclic) bond motifs is 1. The number of aliphatic hydroxyl groups is 1. The maximum Gasteiger partial charge on any atom is 0.331 e. The number of cyclic esters (lactones) is 1. The Morgan fingerprint density at radius 2 is 1.83 bits per heavy atom. The van der Waals surface area contributed by atoms with Gasteiger partial charge in [-0.05, 0) is 37.0 Å². The van der Waals surface area contributed by atoms with Crippen LogP contribution >= 0.6 is 0 Å². The Morgan fingerprint density at radius 3 is 2.56 bits per heavy atom. The van der Waals surface area contributed by atoms with E-state index in [9.17, 15) is 24.3 Å². The van der Waals surface area contributed by atoms with Crippen molar-refractivity contribution < 1.29 is 38.2 Å². The molecular weight excluding hydrogens is 530 g/mol. The highest BCUT2D eigenvalue weighted by molar-refractivity contribution is 6.01. The maximum absolute atomic E-state index is 13.2. The lowest BCUT2D eigenvalue weighted by Gasteiger charge is -2.24. The molecule has 4 rings (SSSR count). The van der Waals surface area contributed by atoms with Crippen molar-refractivity contribution in [2.45, 2.75) is 37.8 Å². The normalized spacial score (nSPS) is 20.7. The van der Waals surface area contributed by atoms with E-state index in [1.165, 1.54) is 0 Å². The van der Waals surface area contributed by atoms with Gasteiger partial charge in [-0.15, -0.1) is 0 Å². The van der Waals surface area contributed by atoms with Crippen LogP contribution < -0.4 is 10.6 Å². The van der Waals surface area contributed by atoms with Gasteiger partial charge in [0.1, 0.15) is 18.0 Å². The Hall–Kier alpha value is -4.51. The van der Waals surface area contributed by atoms with Crippen molar-refractivity contribution in [1.82, 2.24) is 15.6 Å². The number of carbonyl (C=O) groups excluding carboxylic acids is 4. The Labute approximate surface area is 236 Å². The van der Waals surface area contributed by atoms with Gasteiger partial charge in [0.25, 0.3) is 0 Å². The summed E-state index contributed by atoms with van der Waals surface area (Å²) in [7, 11) is 1.14. The van der Waals surface area contributed by atoms with Gasteiger partial charge in [0.05, 0.1) is 25.7 Å². The van der Waals surface area contributed by atoms with E-state index < -0.39 is 54.3 Å². The highest BCUT2D eigenvalue weighted by Gasteiger charge is 2.33. The lowest BCUT2D eigenvalue weighted by molar-refractivity contribution is -0.155. The molecule has 0 bridgehead atoms. The number of nitrogens with one attached hydrogen (secondary N) is 2. The number of amides is 2. The number of carbonyl (C=O) groups is 4. The largest absolute Gasteiger partial charge is 0.467 e. The number of hydrogen-bond acceptors (Lipinski definition) is 9. The molecular formula is C30H33N3O8. The fourth-order valence-corrected chi connectivity index (χ4v) is 4.53. The van der Waals surface area contributed by atoms with Gasteiger partial charge in [-0.25, -0.2) is 9.78 Å². The number of aliphatic hydroxyl groups excluding tert-OH is 1. The Morgan fingerprint density at radius 1 is 1.10 bits per heavy atom. The Bertz CT molecular complexity index is 1350. The third-order valence-corrected chi connectivity index (χ3v) is 6.77. The van der Waals surface area contributed by atoms with Crippen molar-refractivity contribution in [3.05, 3.63) is 78.2 Å². The van der Waals surface area contributed by atoms with Gasteiger partial charge in [0, 0.05) is 6.42 Å². The summed E-state index contributed by atoms with van der Waals surface area (Å²) in [6.07, 6.45) is 4.08. The molecule has 1 aliphatic heterocycles. The maximum atomic E-state index is 13.2. The number of benzene rings is 2. The molecule has 2 aromatic carbocycles. The number of hydrogen-bond donors (Lipinski definition) is 3. The molecule has 11 heteroatoms. The molecule has 11 nitrogen and oxygen atoms in total. The van der Waals surface area contributed by atoms with Crippen LogP contribution in [0.1, 0.15) is 24.3 Å². The molecule has 0 saturated heterocycles. The monoisotopic (exact) mass is 563 g/mol. The second-order valence-electron chi connectivity index (χ2n) is 9.76. The summed E-state index contributed by atoms with van der Waals surface area (Å²) in [5.74, 6) is -4.32. The lowest BCUT2D eigenvalue weighted by atomic mass is 9.97. The van der Waals surface area contributed by atoms with E-state index in [1.807, 2.05) is 42.5 Å². The minimum Gasteiger partial charge on any atom is -0.467 e. The first-order valence-corrected chi connectivity index (χ1v) is 13.4. The highest BCUT2D eigenvalue weighted by atomic mass is 16.5. The number of para-hydroxylation sites is 2. The summed E-state index contributed by atoms with van der Waals surface area (Å²) >= 11 is 0. The van der Waals surface area contributed by atoms with Crippen LogP contribution in [0.15, 0.2) is 71.2 Å². The predicted molar refractivity (Wildman–Crippen MR) is 147 cm³/mol. The zero-order valence-corrected chi connectivity index (χ0v) is 22.7. The smallest absolute Gasteiger partial charge is 0.331 e. The fraction of sp³-hybridized carbons (Fsp3) is 0.367. The van der Waals surface area contributed by atoms with Crippen LogP contribution in [0.25, 0.3) is 11.1 Å². The fourth-order valence-electron chi connectivity index (χ4n) is 4.53. The number of ether oxygens (including phenoxy) is 2. The summed E-state index contributed by atoms with van der Waals surface area (Å²) in [6.45, 7) is -0.810. The van der Waals surface area contributed by atoms with E-state index in [2.05, 4.69) is 15.6 Å². The topological polar surface area (TPSA) is 157 Å². The first-order chi connectivity index (χ1) is 19.9. The molecule has 0 fully saturated rings. The number of methoxy groups -OCH3 is 1. The quantitative estimate of drug-likeness (QED) is 0.211. The number of nitrogens with zero attached hydrogens (tertiary/aromatic N) is 1. The molecule has 3 N–H and O–H groups in total. The van der Waals surface area contributed by atoms with Crippen LogP contribution in [0.4, 0.5) is 0 Å². The Kier molecular flexibility index (Phi) is 10.2. The van der Waals surface area contributed by atoms with E-state index in [4.69, 9.17) is 13.9 Å². The number of aromatic nitrogens is 1. The second kappa shape index (κ2) is 14.2. The van der Waals surface area contributed by atoms with Crippen LogP contribution in [0.3, 0.4) is 0 Å². The second-order valence-corrected chi connectivity index (χ2v) is 9.76. The van der Waals surface area contributed by atoms with Crippen molar-refractivity contribution >= 4 is 34.9 Å². The van der Waals surface area contributed by atoms with Crippen molar-refractivity contribution in [1.29, 1.82) is 0 Å². The molecule has 0 radical (unpaired) electrons. The minimum atomic E-state index is -1.32. The van der Waals surface area contributed by atoms with Crippen LogP contribution in [-0.4, -0.2) is 66.3 Å². The molecule has 3 unspecified atom stereocenters. The highest BCUT2D eigenvalue weighted by Crippen LogP contribution is 2.21. The standard InChI is InChI=1S/C30H33N3O8/c1-39-30(38)24-18-40-29(37)20(16-26-32-23-13-7-8-14-25(23)41-26)11-5-6-12-22(28(36)33-24)27(35)31-21(17-34)15-19-9-3-2-4-10-19/h2-10,13-14,20-22,24,34H,11-12,15-18H2,1H3,(H,31,35)(H,33,36)/t20?,21-,22?,24?/m1/s1. The van der Waals surface area contributed by atoms with Gasteiger partial charge in [-0.3, -0.25) is 14.4 Å². The third kappa shape index (κ3) is 8.01. The van der Waals surface area contributed by atoms with Crippen LogP contribution in [0, 0.1) is 11.8 Å². The zero-order valence-electron chi connectivity index (χ0n) is 22.7. The van der Waals surface area contributed by atoms with Gasteiger partial charge in [-0.2, -0.15) is 0 Å². The van der Waals surface area contributed by atoms with Crippen molar-refractivity contribution in [3.63, 3.8) is 0 Å². The van der Waals surface area contributed by atoms with Gasteiger partial charge in [-0.1, -0.05) is 54.6 Å². The molecule has 1 aliphatic rings. The molecule has 0 aliphatic carbocycles. The van der Waals surface area contributed by atoms with Gasteiger partial charge < -0.3 is 29.6 Å². The van der Waals surface area contributed by atoms with E-state index in [0.29, 0.717) is 23.4 Å². The predicted octanol–water partition coefficient (Wildman–Crippen LogP) is 1.87.